The molecule has 0 atom stereocenters. The predicted molar refractivity (Wildman–Crippen MR) is 114 cm³/mol. The first-order chi connectivity index (χ1) is 15.8. The van der Waals surface area contributed by atoms with E-state index in [1.807, 2.05) is 6.07 Å². The highest BCUT2D eigenvalue weighted by atomic mass is 19.4. The fourth-order valence-corrected chi connectivity index (χ4v) is 3.89. The van der Waals surface area contributed by atoms with Crippen LogP contribution in [-0.4, -0.2) is 65.4 Å². The summed E-state index contributed by atoms with van der Waals surface area (Å²) in [5, 5.41) is 10.5. The third-order valence-electron chi connectivity index (χ3n) is 5.76. The number of benzene rings is 1. The standard InChI is InChI=1S/C22H24F3N5O3/c23-22(24,25)11-20(31)29-9-6-19(7-10-29)33-18-3-1-16(2-4-18)28-21(32)15-13-30(14-15)17-5-8-26-27-12-17/h1-5,8,12,15,19H,6-7,9-11,13-14H2,(H,28,32). The number of amides is 2. The number of carbonyl (C=O) groups excluding carboxylic acids is 2. The molecule has 2 amide bonds. The third-order valence-corrected chi connectivity index (χ3v) is 5.76. The maximum Gasteiger partial charge on any atom is 0.397 e. The first kappa shape index (κ1) is 22.8. The second-order valence-corrected chi connectivity index (χ2v) is 8.21. The van der Waals surface area contributed by atoms with E-state index in [0.717, 1.165) is 5.69 Å². The van der Waals surface area contributed by atoms with Crippen molar-refractivity contribution in [3.05, 3.63) is 42.7 Å². The smallest absolute Gasteiger partial charge is 0.397 e. The van der Waals surface area contributed by atoms with E-state index in [0.29, 0.717) is 37.4 Å². The van der Waals surface area contributed by atoms with Crippen LogP contribution < -0.4 is 15.0 Å². The van der Waals surface area contributed by atoms with Crippen molar-refractivity contribution in [3.8, 4) is 5.75 Å². The van der Waals surface area contributed by atoms with E-state index >= 15 is 0 Å². The van der Waals surface area contributed by atoms with Gasteiger partial charge in [0.15, 0.2) is 0 Å². The summed E-state index contributed by atoms with van der Waals surface area (Å²) in [6, 6.07) is 8.83. The number of halogens is 3. The van der Waals surface area contributed by atoms with Crippen LogP contribution in [0.5, 0.6) is 5.75 Å². The fraction of sp³-hybridized carbons (Fsp3) is 0.455. The Labute approximate surface area is 188 Å². The molecule has 2 fully saturated rings. The number of likely N-dealkylation sites (tertiary alicyclic amines) is 1. The third kappa shape index (κ3) is 6.11. The highest BCUT2D eigenvalue weighted by molar-refractivity contribution is 5.94. The molecule has 33 heavy (non-hydrogen) atoms. The largest absolute Gasteiger partial charge is 0.490 e. The number of piperidine rings is 1. The molecule has 2 saturated heterocycles. The lowest BCUT2D eigenvalue weighted by Gasteiger charge is -2.39. The van der Waals surface area contributed by atoms with Crippen LogP contribution in [0.3, 0.4) is 0 Å². The molecule has 0 radical (unpaired) electrons. The maximum absolute atomic E-state index is 12.4. The van der Waals surface area contributed by atoms with E-state index in [9.17, 15) is 22.8 Å². The van der Waals surface area contributed by atoms with Crippen molar-refractivity contribution in [2.24, 2.45) is 5.92 Å². The van der Waals surface area contributed by atoms with Gasteiger partial charge in [0.1, 0.15) is 18.3 Å². The fourth-order valence-electron chi connectivity index (χ4n) is 3.89. The van der Waals surface area contributed by atoms with E-state index < -0.39 is 18.5 Å². The Morgan fingerprint density at radius 1 is 1.06 bits per heavy atom. The molecule has 0 bridgehead atoms. The summed E-state index contributed by atoms with van der Waals surface area (Å²) < 4.78 is 43.1. The topological polar surface area (TPSA) is 87.7 Å². The number of nitrogens with one attached hydrogen (secondary N) is 1. The second-order valence-electron chi connectivity index (χ2n) is 8.21. The van der Waals surface area contributed by atoms with Crippen molar-refractivity contribution in [2.75, 3.05) is 36.4 Å². The molecule has 176 valence electrons. The van der Waals surface area contributed by atoms with Crippen molar-refractivity contribution in [1.82, 2.24) is 15.1 Å². The van der Waals surface area contributed by atoms with Gasteiger partial charge in [-0.15, -0.1) is 0 Å². The molecule has 4 rings (SSSR count). The zero-order valence-electron chi connectivity index (χ0n) is 17.8. The number of alkyl halides is 3. The van der Waals surface area contributed by atoms with Gasteiger partial charge in [-0.1, -0.05) is 0 Å². The van der Waals surface area contributed by atoms with Crippen LogP contribution in [0.15, 0.2) is 42.7 Å². The van der Waals surface area contributed by atoms with Gasteiger partial charge in [0.05, 0.1) is 24.0 Å². The number of aromatic nitrogens is 2. The highest BCUT2D eigenvalue weighted by Crippen LogP contribution is 2.26. The van der Waals surface area contributed by atoms with Gasteiger partial charge >= 0.3 is 6.18 Å². The molecule has 2 aliphatic rings. The summed E-state index contributed by atoms with van der Waals surface area (Å²) in [6.45, 7) is 1.70. The molecule has 0 spiro atoms. The Kier molecular flexibility index (Phi) is 6.66. The molecule has 2 aliphatic heterocycles. The van der Waals surface area contributed by atoms with Crippen molar-refractivity contribution in [1.29, 1.82) is 0 Å². The lowest BCUT2D eigenvalue weighted by Crippen LogP contribution is -2.52. The van der Waals surface area contributed by atoms with Crippen LogP contribution in [0.25, 0.3) is 0 Å². The van der Waals surface area contributed by atoms with Crippen LogP contribution in [0.4, 0.5) is 24.5 Å². The van der Waals surface area contributed by atoms with Gasteiger partial charge in [0.2, 0.25) is 11.8 Å². The Morgan fingerprint density at radius 3 is 2.36 bits per heavy atom. The molecule has 1 N–H and O–H groups in total. The lowest BCUT2D eigenvalue weighted by atomic mass is 9.98. The minimum absolute atomic E-state index is 0.0576. The van der Waals surface area contributed by atoms with Crippen molar-refractivity contribution >= 4 is 23.2 Å². The number of carbonyl (C=O) groups is 2. The molecular weight excluding hydrogens is 439 g/mol. The highest BCUT2D eigenvalue weighted by Gasteiger charge is 2.35. The quantitative estimate of drug-likeness (QED) is 0.709. The maximum atomic E-state index is 12.4. The Balaban J connectivity index is 1.19. The number of hydrogen-bond donors (Lipinski definition) is 1. The number of anilines is 2. The first-order valence-electron chi connectivity index (χ1n) is 10.7. The molecule has 8 nitrogen and oxygen atoms in total. The average Bonchev–Trinajstić information content (AvgIpc) is 2.74. The van der Waals surface area contributed by atoms with Gasteiger partial charge in [-0.3, -0.25) is 9.59 Å². The minimum Gasteiger partial charge on any atom is -0.490 e. The molecule has 0 saturated carbocycles. The Bertz CT molecular complexity index is 957. The molecule has 2 aromatic rings. The van der Waals surface area contributed by atoms with Crippen LogP contribution in [0, 0.1) is 5.92 Å². The van der Waals surface area contributed by atoms with Gasteiger partial charge in [0.25, 0.3) is 0 Å². The second kappa shape index (κ2) is 9.63. The monoisotopic (exact) mass is 463 g/mol. The van der Waals surface area contributed by atoms with Gasteiger partial charge < -0.3 is 19.9 Å². The average molecular weight is 463 g/mol. The summed E-state index contributed by atoms with van der Waals surface area (Å²) in [4.78, 5) is 27.4. The van der Waals surface area contributed by atoms with Crippen LogP contribution in [-0.2, 0) is 9.59 Å². The molecule has 1 aromatic carbocycles. The minimum atomic E-state index is -4.49. The Morgan fingerprint density at radius 2 is 1.76 bits per heavy atom. The molecule has 1 aromatic heterocycles. The number of ether oxygens (including phenoxy) is 1. The van der Waals surface area contributed by atoms with Crippen LogP contribution >= 0.6 is 0 Å². The molecular formula is C22H24F3N5O3. The van der Waals surface area contributed by atoms with E-state index in [4.69, 9.17) is 4.74 Å². The summed E-state index contributed by atoms with van der Waals surface area (Å²) in [5.41, 5.74) is 1.59. The van der Waals surface area contributed by atoms with Gasteiger partial charge in [-0.2, -0.15) is 23.4 Å². The summed E-state index contributed by atoms with van der Waals surface area (Å²) in [5.74, 6) is -0.460. The molecule has 0 unspecified atom stereocenters. The normalized spacial score (nSPS) is 17.4. The van der Waals surface area contributed by atoms with Crippen LogP contribution in [0.2, 0.25) is 0 Å². The number of hydrogen-bond acceptors (Lipinski definition) is 6. The van der Waals surface area contributed by atoms with E-state index in [-0.39, 0.29) is 31.0 Å². The van der Waals surface area contributed by atoms with Gasteiger partial charge in [0, 0.05) is 44.7 Å². The first-order valence-corrected chi connectivity index (χ1v) is 10.7. The van der Waals surface area contributed by atoms with Crippen molar-refractivity contribution in [2.45, 2.75) is 31.5 Å². The summed E-state index contributed by atoms with van der Waals surface area (Å²) in [7, 11) is 0. The predicted octanol–water partition coefficient (Wildman–Crippen LogP) is 2.87. The van der Waals surface area contributed by atoms with E-state index in [1.165, 1.54) is 4.90 Å². The Hall–Kier alpha value is -3.37. The molecule has 11 heteroatoms. The van der Waals surface area contributed by atoms with E-state index in [1.54, 1.807) is 36.7 Å². The zero-order valence-corrected chi connectivity index (χ0v) is 17.8. The zero-order chi connectivity index (χ0) is 23.4. The van der Waals surface area contributed by atoms with Gasteiger partial charge in [-0.25, -0.2) is 0 Å². The number of rotatable bonds is 6. The lowest BCUT2D eigenvalue weighted by molar-refractivity contribution is -0.162. The SMILES string of the molecule is O=C(Nc1ccc(OC2CCN(C(=O)CC(F)(F)F)CC2)cc1)C1CN(c2ccnnc2)C1. The van der Waals surface area contributed by atoms with Crippen molar-refractivity contribution < 1.29 is 27.5 Å². The van der Waals surface area contributed by atoms with Gasteiger partial charge in [-0.05, 0) is 30.3 Å². The van der Waals surface area contributed by atoms with E-state index in [2.05, 4.69) is 20.4 Å². The van der Waals surface area contributed by atoms with Crippen molar-refractivity contribution in [3.63, 3.8) is 0 Å². The molecule has 0 aliphatic carbocycles. The summed E-state index contributed by atoms with van der Waals surface area (Å²) >= 11 is 0. The summed E-state index contributed by atoms with van der Waals surface area (Å²) in [6.07, 6.45) is -1.88. The molecule has 3 heterocycles. The number of nitrogens with zero attached hydrogens (tertiary/aromatic N) is 4. The van der Waals surface area contributed by atoms with Crippen LogP contribution in [0.1, 0.15) is 19.3 Å².